The Morgan fingerprint density at radius 2 is 1.70 bits per heavy atom. The Labute approximate surface area is 128 Å². The maximum absolute atomic E-state index is 3.58. The zero-order valence-corrected chi connectivity index (χ0v) is 13.0. The van der Waals surface area contributed by atoms with Gasteiger partial charge in [0.25, 0.3) is 5.04 Å². The summed E-state index contributed by atoms with van der Waals surface area (Å²) in [5.74, 6) is 1.11. The lowest BCUT2D eigenvalue weighted by Crippen LogP contribution is -2.26. The van der Waals surface area contributed by atoms with E-state index in [1.54, 1.807) is 0 Å². The van der Waals surface area contributed by atoms with Crippen LogP contribution >= 0.6 is 23.5 Å². The molecule has 2 aromatic carbocycles. The third-order valence-corrected chi connectivity index (χ3v) is 5.41. The van der Waals surface area contributed by atoms with Crippen LogP contribution in [-0.4, -0.2) is 20.2 Å². The molecule has 1 heterocycles. The SMILES string of the molecule is CCSC1N[N+](c2ccccc2)=C(c2ccccc2)S1. The van der Waals surface area contributed by atoms with Gasteiger partial charge in [-0.3, -0.25) is 0 Å². The molecule has 1 aliphatic heterocycles. The molecule has 2 aromatic rings. The van der Waals surface area contributed by atoms with E-state index in [0.29, 0.717) is 4.71 Å². The average molecular weight is 301 g/mol. The Morgan fingerprint density at radius 3 is 2.35 bits per heavy atom. The summed E-state index contributed by atoms with van der Waals surface area (Å²) in [6.45, 7) is 2.19. The molecule has 0 amide bonds. The Balaban J connectivity index is 2.00. The van der Waals surface area contributed by atoms with E-state index in [0.717, 1.165) is 5.75 Å². The van der Waals surface area contributed by atoms with Gasteiger partial charge >= 0.3 is 0 Å². The smallest absolute Gasteiger partial charge is 0.168 e. The molecule has 0 aliphatic carbocycles. The lowest BCUT2D eigenvalue weighted by atomic mass is 10.2. The van der Waals surface area contributed by atoms with Gasteiger partial charge in [-0.05, 0) is 29.6 Å². The Morgan fingerprint density at radius 1 is 1.05 bits per heavy atom. The van der Waals surface area contributed by atoms with Crippen LogP contribution in [0.4, 0.5) is 5.69 Å². The topological polar surface area (TPSA) is 15.0 Å². The zero-order valence-electron chi connectivity index (χ0n) is 11.3. The number of hydrogen-bond donors (Lipinski definition) is 1. The monoisotopic (exact) mass is 301 g/mol. The molecule has 1 unspecified atom stereocenters. The van der Waals surface area contributed by atoms with Crippen LogP contribution in [0.5, 0.6) is 0 Å². The Bertz CT molecular complexity index is 545. The van der Waals surface area contributed by atoms with Crippen LogP contribution in [0.3, 0.4) is 0 Å². The molecule has 0 spiro atoms. The molecule has 102 valence electrons. The van der Waals surface area contributed by atoms with Crippen molar-refractivity contribution in [3.05, 3.63) is 66.2 Å². The number of rotatable bonds is 4. The van der Waals surface area contributed by atoms with Crippen molar-refractivity contribution in [3.8, 4) is 0 Å². The minimum absolute atomic E-state index is 0.371. The maximum atomic E-state index is 3.58. The van der Waals surface area contributed by atoms with E-state index in [4.69, 9.17) is 0 Å². The van der Waals surface area contributed by atoms with Gasteiger partial charge in [-0.2, -0.15) is 5.43 Å². The van der Waals surface area contributed by atoms with Gasteiger partial charge < -0.3 is 0 Å². The van der Waals surface area contributed by atoms with Gasteiger partial charge in [0.2, 0.25) is 5.69 Å². The number of thioether (sulfide) groups is 2. The number of hydrazine groups is 1. The van der Waals surface area contributed by atoms with Crippen molar-refractivity contribution < 1.29 is 4.68 Å². The fraction of sp³-hybridized carbons (Fsp3) is 0.188. The highest BCUT2D eigenvalue weighted by molar-refractivity contribution is 8.25. The van der Waals surface area contributed by atoms with Gasteiger partial charge in [0.1, 0.15) is 0 Å². The summed E-state index contributed by atoms with van der Waals surface area (Å²) in [5, 5.41) is 1.27. The number of nitrogens with one attached hydrogen (secondary N) is 1. The van der Waals surface area contributed by atoms with Gasteiger partial charge in [0.15, 0.2) is 4.71 Å². The average Bonchev–Trinajstić information content (AvgIpc) is 2.93. The third kappa shape index (κ3) is 2.86. The molecule has 0 fully saturated rings. The van der Waals surface area contributed by atoms with Gasteiger partial charge in [-0.25, -0.2) is 0 Å². The van der Waals surface area contributed by atoms with Gasteiger partial charge in [-0.15, -0.1) is 11.8 Å². The van der Waals surface area contributed by atoms with Crippen molar-refractivity contribution >= 4 is 34.3 Å². The highest BCUT2D eigenvalue weighted by Gasteiger charge is 2.34. The van der Waals surface area contributed by atoms with Gasteiger partial charge in [-0.1, -0.05) is 48.0 Å². The first-order chi connectivity index (χ1) is 9.88. The summed E-state index contributed by atoms with van der Waals surface area (Å²) in [6.07, 6.45) is 0. The quantitative estimate of drug-likeness (QED) is 0.857. The number of nitrogens with zero attached hydrogens (tertiary/aromatic N) is 1. The summed E-state index contributed by atoms with van der Waals surface area (Å²) in [4.78, 5) is 0. The highest BCUT2D eigenvalue weighted by Crippen LogP contribution is 2.32. The fourth-order valence-electron chi connectivity index (χ4n) is 2.11. The van der Waals surface area contributed by atoms with Gasteiger partial charge in [0, 0.05) is 12.1 Å². The van der Waals surface area contributed by atoms with Crippen LogP contribution < -0.4 is 5.43 Å². The summed E-state index contributed by atoms with van der Waals surface area (Å²) in [5.41, 5.74) is 6.02. The molecule has 1 N–H and O–H groups in total. The number of hydrogen-bond acceptors (Lipinski definition) is 3. The molecule has 0 saturated heterocycles. The van der Waals surface area contributed by atoms with Crippen molar-refractivity contribution in [2.75, 3.05) is 5.75 Å². The largest absolute Gasteiger partial charge is 0.280 e. The molecule has 0 aromatic heterocycles. The molecule has 2 nitrogen and oxygen atoms in total. The number of benzene rings is 2. The summed E-state index contributed by atoms with van der Waals surface area (Å²) in [7, 11) is 0. The van der Waals surface area contributed by atoms with Crippen LogP contribution in [0, 0.1) is 0 Å². The first kappa shape index (κ1) is 13.6. The minimum atomic E-state index is 0.371. The molecule has 20 heavy (non-hydrogen) atoms. The molecule has 3 rings (SSSR count). The van der Waals surface area contributed by atoms with Crippen molar-refractivity contribution in [2.24, 2.45) is 0 Å². The molecule has 1 atom stereocenters. The zero-order chi connectivity index (χ0) is 13.8. The molecule has 0 saturated carbocycles. The molecule has 0 radical (unpaired) electrons. The second-order valence-corrected chi connectivity index (χ2v) is 7.15. The summed E-state index contributed by atoms with van der Waals surface area (Å²) in [6, 6.07) is 21.0. The van der Waals surface area contributed by atoms with E-state index in [2.05, 4.69) is 71.6 Å². The predicted molar refractivity (Wildman–Crippen MR) is 89.6 cm³/mol. The lowest BCUT2D eigenvalue weighted by Gasteiger charge is -2.04. The summed E-state index contributed by atoms with van der Waals surface area (Å²) < 4.78 is 2.57. The Kier molecular flexibility index (Phi) is 4.33. The van der Waals surface area contributed by atoms with Crippen molar-refractivity contribution in [3.63, 3.8) is 0 Å². The first-order valence-corrected chi connectivity index (χ1v) is 8.63. The van der Waals surface area contributed by atoms with Crippen LogP contribution in [0.2, 0.25) is 0 Å². The first-order valence-electron chi connectivity index (χ1n) is 6.70. The maximum Gasteiger partial charge on any atom is 0.280 e. The number of para-hydroxylation sites is 1. The van der Waals surface area contributed by atoms with Gasteiger partial charge in [0.05, 0.1) is 5.56 Å². The van der Waals surface area contributed by atoms with Crippen LogP contribution in [0.15, 0.2) is 60.7 Å². The normalized spacial score (nSPS) is 18.1. The molecular formula is C16H17N2S2+. The summed E-state index contributed by atoms with van der Waals surface area (Å²) >= 11 is 3.81. The van der Waals surface area contributed by atoms with E-state index in [9.17, 15) is 0 Å². The van der Waals surface area contributed by atoms with Crippen molar-refractivity contribution in [2.45, 2.75) is 11.6 Å². The van der Waals surface area contributed by atoms with E-state index in [1.807, 2.05) is 29.6 Å². The second-order valence-electron chi connectivity index (χ2n) is 4.38. The minimum Gasteiger partial charge on any atom is -0.168 e. The van der Waals surface area contributed by atoms with Crippen LogP contribution in [0.25, 0.3) is 0 Å². The predicted octanol–water partition coefficient (Wildman–Crippen LogP) is 4.07. The van der Waals surface area contributed by atoms with E-state index in [-0.39, 0.29) is 0 Å². The second kappa shape index (κ2) is 6.37. The molecular weight excluding hydrogens is 284 g/mol. The van der Waals surface area contributed by atoms with E-state index >= 15 is 0 Å². The highest BCUT2D eigenvalue weighted by atomic mass is 32.2. The van der Waals surface area contributed by atoms with E-state index in [1.165, 1.54) is 16.3 Å². The lowest BCUT2D eigenvalue weighted by molar-refractivity contribution is -0.498. The third-order valence-electron chi connectivity index (χ3n) is 3.01. The van der Waals surface area contributed by atoms with E-state index < -0.39 is 0 Å². The molecule has 4 heteroatoms. The molecule has 0 bridgehead atoms. The Hall–Kier alpha value is -1.39. The number of hydrazone groups is 1. The molecule has 1 aliphatic rings. The standard InChI is InChI=1S/C16H17N2S2/c1-2-19-16-17-18(14-11-7-4-8-12-14)15(20-16)13-9-5-3-6-10-13/h3-12,16-17H,2H2,1H3/q+1. The fourth-order valence-corrected chi connectivity index (χ4v) is 4.45. The van der Waals surface area contributed by atoms with Crippen LogP contribution in [-0.2, 0) is 0 Å². The van der Waals surface area contributed by atoms with Crippen molar-refractivity contribution in [1.82, 2.24) is 5.43 Å². The van der Waals surface area contributed by atoms with Crippen LogP contribution in [0.1, 0.15) is 12.5 Å². The van der Waals surface area contributed by atoms with Crippen molar-refractivity contribution in [1.29, 1.82) is 0 Å².